The molecule has 1 aliphatic heterocycles. The van der Waals surface area contributed by atoms with E-state index in [1.54, 1.807) is 29.2 Å². The monoisotopic (exact) mass is 411 g/mol. The van der Waals surface area contributed by atoms with E-state index in [0.717, 1.165) is 46.2 Å². The third-order valence-electron chi connectivity index (χ3n) is 5.68. The fourth-order valence-electron chi connectivity index (χ4n) is 4.42. The topological polar surface area (TPSA) is 46.6 Å². The van der Waals surface area contributed by atoms with Crippen molar-refractivity contribution in [2.75, 3.05) is 19.4 Å². The van der Waals surface area contributed by atoms with E-state index in [-0.39, 0.29) is 5.37 Å². The van der Waals surface area contributed by atoms with Crippen molar-refractivity contribution in [1.29, 1.82) is 0 Å². The van der Waals surface area contributed by atoms with E-state index < -0.39 is 10.0 Å². The molecule has 5 rings (SSSR count). The van der Waals surface area contributed by atoms with Crippen molar-refractivity contribution in [2.45, 2.75) is 23.1 Å². The van der Waals surface area contributed by atoms with Crippen LogP contribution in [0.3, 0.4) is 0 Å². The number of nitrogens with zero attached hydrogens (tertiary/aromatic N) is 1. The number of thioether (sulfide) groups is 1. The molecule has 0 radical (unpaired) electrons. The molecule has 2 aliphatic rings. The highest BCUT2D eigenvalue weighted by Crippen LogP contribution is 2.46. The van der Waals surface area contributed by atoms with E-state index in [0.29, 0.717) is 11.4 Å². The molecule has 144 valence electrons. The Labute approximate surface area is 169 Å². The zero-order valence-corrected chi connectivity index (χ0v) is 17.2. The Morgan fingerprint density at radius 2 is 1.89 bits per heavy atom. The molecule has 3 aromatic rings. The Bertz CT molecular complexity index is 1170. The average molecular weight is 412 g/mol. The fraction of sp³-hybridized carbons (Fsp3) is 0.273. The van der Waals surface area contributed by atoms with Crippen LogP contribution in [0.4, 0.5) is 0 Å². The van der Waals surface area contributed by atoms with Gasteiger partial charge in [-0.1, -0.05) is 42.5 Å². The number of aryl methyl sites for hydroxylation is 2. The molecule has 4 nitrogen and oxygen atoms in total. The first kappa shape index (κ1) is 18.0. The zero-order valence-electron chi connectivity index (χ0n) is 15.6. The van der Waals surface area contributed by atoms with Gasteiger partial charge in [0, 0.05) is 17.9 Å². The molecular weight excluding hydrogens is 390 g/mol. The predicted octanol–water partition coefficient (Wildman–Crippen LogP) is 4.38. The molecule has 0 N–H and O–H groups in total. The van der Waals surface area contributed by atoms with Gasteiger partial charge in [0.05, 0.1) is 17.4 Å². The van der Waals surface area contributed by atoms with Crippen LogP contribution < -0.4 is 4.74 Å². The number of para-hydroxylation sites is 1. The van der Waals surface area contributed by atoms with Crippen molar-refractivity contribution < 1.29 is 13.2 Å². The summed E-state index contributed by atoms with van der Waals surface area (Å²) in [4.78, 5) is 0.465. The molecule has 1 atom stereocenters. The Balaban J connectivity index is 1.63. The third kappa shape index (κ3) is 2.66. The maximum Gasteiger partial charge on any atom is 0.244 e. The van der Waals surface area contributed by atoms with Crippen LogP contribution in [-0.2, 0) is 22.9 Å². The lowest BCUT2D eigenvalue weighted by Gasteiger charge is -2.25. The number of sulfonamides is 1. The molecule has 0 saturated carbocycles. The molecule has 1 fully saturated rings. The fourth-order valence-corrected chi connectivity index (χ4v) is 7.93. The number of hydrogen-bond acceptors (Lipinski definition) is 4. The van der Waals surface area contributed by atoms with Gasteiger partial charge < -0.3 is 4.74 Å². The first-order valence-electron chi connectivity index (χ1n) is 9.41. The van der Waals surface area contributed by atoms with Gasteiger partial charge in [0.1, 0.15) is 5.75 Å². The summed E-state index contributed by atoms with van der Waals surface area (Å²) in [7, 11) is -1.98. The first-order chi connectivity index (χ1) is 13.6. The molecule has 0 spiro atoms. The maximum atomic E-state index is 13.7. The van der Waals surface area contributed by atoms with Crippen LogP contribution in [0.15, 0.2) is 59.5 Å². The highest BCUT2D eigenvalue weighted by Gasteiger charge is 2.39. The van der Waals surface area contributed by atoms with Crippen LogP contribution >= 0.6 is 11.8 Å². The van der Waals surface area contributed by atoms with Crippen LogP contribution in [0.2, 0.25) is 0 Å². The van der Waals surface area contributed by atoms with Crippen molar-refractivity contribution in [1.82, 2.24) is 4.31 Å². The summed E-state index contributed by atoms with van der Waals surface area (Å²) < 4.78 is 34.6. The summed E-state index contributed by atoms with van der Waals surface area (Å²) in [5.74, 6) is 1.50. The SMILES string of the molecule is COc1ccccc1[C@@H]1SCCN1S(=O)(=O)c1ccc2cccc3c2c1CC3. The van der Waals surface area contributed by atoms with Gasteiger partial charge in [0.15, 0.2) is 0 Å². The van der Waals surface area contributed by atoms with E-state index in [1.165, 1.54) is 5.56 Å². The van der Waals surface area contributed by atoms with Gasteiger partial charge in [-0.05, 0) is 46.9 Å². The Kier molecular flexibility index (Phi) is 4.38. The molecule has 1 saturated heterocycles. The Hall–Kier alpha value is -2.02. The molecule has 6 heteroatoms. The minimum Gasteiger partial charge on any atom is -0.496 e. The molecule has 0 unspecified atom stereocenters. The van der Waals surface area contributed by atoms with Gasteiger partial charge in [-0.3, -0.25) is 0 Å². The van der Waals surface area contributed by atoms with Crippen LogP contribution in [-0.4, -0.2) is 32.1 Å². The van der Waals surface area contributed by atoms with E-state index in [2.05, 4.69) is 18.2 Å². The summed E-state index contributed by atoms with van der Waals surface area (Å²) in [6.45, 7) is 0.509. The van der Waals surface area contributed by atoms with Crippen molar-refractivity contribution in [3.63, 3.8) is 0 Å². The van der Waals surface area contributed by atoms with Gasteiger partial charge in [0.25, 0.3) is 0 Å². The number of ether oxygens (including phenoxy) is 1. The van der Waals surface area contributed by atoms with Crippen molar-refractivity contribution in [3.05, 3.63) is 71.3 Å². The number of rotatable bonds is 4. The quantitative estimate of drug-likeness (QED) is 0.639. The minimum atomic E-state index is -3.60. The lowest BCUT2D eigenvalue weighted by Crippen LogP contribution is -2.31. The third-order valence-corrected chi connectivity index (χ3v) is 9.01. The van der Waals surface area contributed by atoms with Crippen LogP contribution in [0.1, 0.15) is 22.1 Å². The number of benzene rings is 3. The standard InChI is InChI=1S/C22H21NO3S2/c1-26-19-8-3-2-7-17(19)22-23(13-14-27-22)28(24,25)20-12-10-16-6-4-5-15-9-11-18(20)21(15)16/h2-8,10,12,22H,9,11,13-14H2,1H3/t22-/m0/s1. The highest BCUT2D eigenvalue weighted by atomic mass is 32.2. The summed E-state index contributed by atoms with van der Waals surface area (Å²) in [6, 6.07) is 17.7. The molecule has 0 amide bonds. The summed E-state index contributed by atoms with van der Waals surface area (Å²) in [5, 5.41) is 1.99. The zero-order chi connectivity index (χ0) is 19.3. The van der Waals surface area contributed by atoms with Gasteiger partial charge in [-0.15, -0.1) is 11.8 Å². The molecular formula is C22H21NO3S2. The van der Waals surface area contributed by atoms with Gasteiger partial charge in [-0.25, -0.2) is 8.42 Å². The summed E-state index contributed by atoms with van der Waals surface area (Å²) in [5.41, 5.74) is 3.14. The molecule has 28 heavy (non-hydrogen) atoms. The van der Waals surface area contributed by atoms with Crippen molar-refractivity contribution in [3.8, 4) is 5.75 Å². The first-order valence-corrected chi connectivity index (χ1v) is 11.9. The van der Waals surface area contributed by atoms with Gasteiger partial charge in [-0.2, -0.15) is 4.31 Å². The summed E-state index contributed by atoms with van der Waals surface area (Å²) >= 11 is 1.65. The van der Waals surface area contributed by atoms with E-state index >= 15 is 0 Å². The molecule has 1 aliphatic carbocycles. The molecule has 3 aromatic carbocycles. The molecule has 0 aromatic heterocycles. The van der Waals surface area contributed by atoms with Gasteiger partial charge >= 0.3 is 0 Å². The van der Waals surface area contributed by atoms with E-state index in [4.69, 9.17) is 4.74 Å². The minimum absolute atomic E-state index is 0.263. The Morgan fingerprint density at radius 1 is 1.04 bits per heavy atom. The molecule has 1 heterocycles. The van der Waals surface area contributed by atoms with Gasteiger partial charge in [0.2, 0.25) is 10.0 Å². The lowest BCUT2D eigenvalue weighted by molar-refractivity contribution is 0.390. The smallest absolute Gasteiger partial charge is 0.244 e. The second-order valence-electron chi connectivity index (χ2n) is 7.14. The largest absolute Gasteiger partial charge is 0.496 e. The average Bonchev–Trinajstić information content (AvgIpc) is 3.37. The van der Waals surface area contributed by atoms with Crippen LogP contribution in [0.5, 0.6) is 5.75 Å². The maximum absolute atomic E-state index is 13.7. The summed E-state index contributed by atoms with van der Waals surface area (Å²) in [6.07, 6.45) is 1.69. The highest BCUT2D eigenvalue weighted by molar-refractivity contribution is 8.01. The van der Waals surface area contributed by atoms with Crippen molar-refractivity contribution in [2.24, 2.45) is 0 Å². The van der Waals surface area contributed by atoms with E-state index in [9.17, 15) is 8.42 Å². The number of hydrogen-bond donors (Lipinski definition) is 0. The van der Waals surface area contributed by atoms with E-state index in [1.807, 2.05) is 30.3 Å². The predicted molar refractivity (Wildman–Crippen MR) is 113 cm³/mol. The second-order valence-corrected chi connectivity index (χ2v) is 10.2. The molecule has 0 bridgehead atoms. The van der Waals surface area contributed by atoms with Crippen LogP contribution in [0.25, 0.3) is 10.8 Å². The Morgan fingerprint density at radius 3 is 2.75 bits per heavy atom. The number of methoxy groups -OCH3 is 1. The van der Waals surface area contributed by atoms with Crippen molar-refractivity contribution >= 4 is 32.6 Å². The normalized spacial score (nSPS) is 19.4. The van der Waals surface area contributed by atoms with Crippen LogP contribution in [0, 0.1) is 0 Å². The second kappa shape index (κ2) is 6.79. The lowest BCUT2D eigenvalue weighted by atomic mass is 10.1.